The molecule has 0 bridgehead atoms. The summed E-state index contributed by atoms with van der Waals surface area (Å²) in [5, 5.41) is 2.35. The van der Waals surface area contributed by atoms with Crippen LogP contribution in [0.3, 0.4) is 0 Å². The minimum Gasteiger partial charge on any atom is -0.497 e. The zero-order valence-corrected chi connectivity index (χ0v) is 10.0. The van der Waals surface area contributed by atoms with Crippen LogP contribution in [0.25, 0.3) is 10.8 Å². The number of hydrogen-bond donors (Lipinski definition) is 1. The van der Waals surface area contributed by atoms with Crippen molar-refractivity contribution in [1.29, 1.82) is 0 Å². The summed E-state index contributed by atoms with van der Waals surface area (Å²) in [6, 6.07) is 12.3. The highest BCUT2D eigenvalue weighted by Gasteiger charge is 2.05. The van der Waals surface area contributed by atoms with Gasteiger partial charge in [-0.1, -0.05) is 24.3 Å². The molecule has 2 aromatic rings. The standard InChI is InChI=1S/C15H17NO/c1-3-4-15(16)13-6-5-12-10-14(17-2)8-7-11(12)9-13/h3,5-10,15H,1,4,16H2,2H3/t15-/m1/s1. The molecule has 2 rings (SSSR count). The average molecular weight is 227 g/mol. The van der Waals surface area contributed by atoms with Gasteiger partial charge in [-0.3, -0.25) is 0 Å². The molecule has 0 aromatic heterocycles. The molecule has 2 nitrogen and oxygen atoms in total. The minimum atomic E-state index is 0.0269. The summed E-state index contributed by atoms with van der Waals surface area (Å²) in [5.41, 5.74) is 7.20. The van der Waals surface area contributed by atoms with Crippen LogP contribution in [-0.2, 0) is 0 Å². The van der Waals surface area contributed by atoms with Gasteiger partial charge in [-0.05, 0) is 41.0 Å². The van der Waals surface area contributed by atoms with Gasteiger partial charge in [-0.2, -0.15) is 0 Å². The van der Waals surface area contributed by atoms with Crippen molar-refractivity contribution in [3.05, 3.63) is 54.6 Å². The van der Waals surface area contributed by atoms with Crippen LogP contribution in [0, 0.1) is 0 Å². The molecule has 88 valence electrons. The van der Waals surface area contributed by atoms with E-state index in [9.17, 15) is 0 Å². The fourth-order valence-electron chi connectivity index (χ4n) is 1.92. The summed E-state index contributed by atoms with van der Waals surface area (Å²) < 4.78 is 5.20. The molecule has 0 aliphatic heterocycles. The molecule has 0 saturated carbocycles. The van der Waals surface area contributed by atoms with Gasteiger partial charge in [0, 0.05) is 6.04 Å². The lowest BCUT2D eigenvalue weighted by atomic mass is 10.0. The fraction of sp³-hybridized carbons (Fsp3) is 0.200. The lowest BCUT2D eigenvalue weighted by Gasteiger charge is -2.11. The minimum absolute atomic E-state index is 0.0269. The highest BCUT2D eigenvalue weighted by Crippen LogP contribution is 2.24. The lowest BCUT2D eigenvalue weighted by molar-refractivity contribution is 0.415. The summed E-state index contributed by atoms with van der Waals surface area (Å²) in [6.07, 6.45) is 2.64. The van der Waals surface area contributed by atoms with Crippen molar-refractivity contribution in [3.63, 3.8) is 0 Å². The third kappa shape index (κ3) is 2.48. The van der Waals surface area contributed by atoms with Crippen LogP contribution in [0.5, 0.6) is 5.75 Å². The maximum atomic E-state index is 6.06. The molecule has 2 aromatic carbocycles. The molecule has 0 spiro atoms. The third-order valence-electron chi connectivity index (χ3n) is 2.92. The average Bonchev–Trinajstić information content (AvgIpc) is 2.37. The van der Waals surface area contributed by atoms with Gasteiger partial charge < -0.3 is 10.5 Å². The second-order valence-electron chi connectivity index (χ2n) is 4.10. The molecule has 0 saturated heterocycles. The summed E-state index contributed by atoms with van der Waals surface area (Å²) in [6.45, 7) is 3.71. The van der Waals surface area contributed by atoms with Crippen LogP contribution in [0.2, 0.25) is 0 Å². The van der Waals surface area contributed by atoms with E-state index in [0.29, 0.717) is 0 Å². The lowest BCUT2D eigenvalue weighted by Crippen LogP contribution is -2.08. The summed E-state index contributed by atoms with van der Waals surface area (Å²) in [4.78, 5) is 0. The monoisotopic (exact) mass is 227 g/mol. The zero-order chi connectivity index (χ0) is 12.3. The molecule has 0 radical (unpaired) electrons. The van der Waals surface area contributed by atoms with Crippen molar-refractivity contribution >= 4 is 10.8 Å². The summed E-state index contributed by atoms with van der Waals surface area (Å²) >= 11 is 0. The number of rotatable bonds is 4. The molecular formula is C15H17NO. The van der Waals surface area contributed by atoms with Gasteiger partial charge in [-0.25, -0.2) is 0 Å². The number of hydrogen-bond acceptors (Lipinski definition) is 2. The van der Waals surface area contributed by atoms with E-state index in [1.165, 1.54) is 10.8 Å². The Morgan fingerprint density at radius 1 is 1.24 bits per heavy atom. The Labute approximate surface area is 102 Å². The first-order valence-corrected chi connectivity index (χ1v) is 5.69. The van der Waals surface area contributed by atoms with Gasteiger partial charge in [0.15, 0.2) is 0 Å². The van der Waals surface area contributed by atoms with Crippen LogP contribution in [0.15, 0.2) is 49.1 Å². The normalized spacial score (nSPS) is 12.4. The van der Waals surface area contributed by atoms with Crippen molar-refractivity contribution < 1.29 is 4.74 Å². The highest BCUT2D eigenvalue weighted by molar-refractivity contribution is 5.84. The molecular weight excluding hydrogens is 210 g/mol. The molecule has 2 heteroatoms. The van der Waals surface area contributed by atoms with Crippen molar-refractivity contribution in [3.8, 4) is 5.75 Å². The number of benzene rings is 2. The first kappa shape index (κ1) is 11.7. The Morgan fingerprint density at radius 3 is 2.65 bits per heavy atom. The Balaban J connectivity index is 2.40. The van der Waals surface area contributed by atoms with E-state index in [2.05, 4.69) is 30.8 Å². The Hall–Kier alpha value is -1.80. The first-order chi connectivity index (χ1) is 8.24. The SMILES string of the molecule is C=CC[C@@H](N)c1ccc2cc(OC)ccc2c1. The summed E-state index contributed by atoms with van der Waals surface area (Å²) in [7, 11) is 1.68. The first-order valence-electron chi connectivity index (χ1n) is 5.69. The quantitative estimate of drug-likeness (QED) is 0.812. The fourth-order valence-corrected chi connectivity index (χ4v) is 1.92. The largest absolute Gasteiger partial charge is 0.497 e. The Morgan fingerprint density at radius 2 is 1.94 bits per heavy atom. The van der Waals surface area contributed by atoms with Crippen LogP contribution >= 0.6 is 0 Å². The van der Waals surface area contributed by atoms with Crippen LogP contribution in [-0.4, -0.2) is 7.11 Å². The molecule has 0 fully saturated rings. The van der Waals surface area contributed by atoms with Gasteiger partial charge in [-0.15, -0.1) is 6.58 Å². The van der Waals surface area contributed by atoms with Crippen LogP contribution < -0.4 is 10.5 Å². The number of nitrogens with two attached hydrogens (primary N) is 1. The van der Waals surface area contributed by atoms with Gasteiger partial charge in [0.2, 0.25) is 0 Å². The number of ether oxygens (including phenoxy) is 1. The van der Waals surface area contributed by atoms with Gasteiger partial charge in [0.1, 0.15) is 5.75 Å². The maximum Gasteiger partial charge on any atom is 0.119 e. The topological polar surface area (TPSA) is 35.2 Å². The van der Waals surface area contributed by atoms with Crippen molar-refractivity contribution in [2.75, 3.05) is 7.11 Å². The van der Waals surface area contributed by atoms with E-state index in [4.69, 9.17) is 10.5 Å². The maximum absolute atomic E-state index is 6.06. The van der Waals surface area contributed by atoms with Crippen LogP contribution in [0.1, 0.15) is 18.0 Å². The molecule has 0 unspecified atom stereocenters. The van der Waals surface area contributed by atoms with E-state index < -0.39 is 0 Å². The van der Waals surface area contributed by atoms with E-state index >= 15 is 0 Å². The van der Waals surface area contributed by atoms with E-state index in [0.717, 1.165) is 17.7 Å². The van der Waals surface area contributed by atoms with E-state index in [1.807, 2.05) is 18.2 Å². The number of methoxy groups -OCH3 is 1. The van der Waals surface area contributed by atoms with Crippen molar-refractivity contribution in [2.45, 2.75) is 12.5 Å². The third-order valence-corrected chi connectivity index (χ3v) is 2.92. The van der Waals surface area contributed by atoms with E-state index in [1.54, 1.807) is 7.11 Å². The van der Waals surface area contributed by atoms with Crippen molar-refractivity contribution in [2.24, 2.45) is 5.73 Å². The van der Waals surface area contributed by atoms with Gasteiger partial charge in [0.25, 0.3) is 0 Å². The van der Waals surface area contributed by atoms with Gasteiger partial charge >= 0.3 is 0 Å². The Bertz CT molecular complexity index is 533. The second kappa shape index (κ2) is 5.02. The Kier molecular flexibility index (Phi) is 3.45. The highest BCUT2D eigenvalue weighted by atomic mass is 16.5. The smallest absolute Gasteiger partial charge is 0.119 e. The van der Waals surface area contributed by atoms with Gasteiger partial charge in [0.05, 0.1) is 7.11 Å². The zero-order valence-electron chi connectivity index (χ0n) is 10.0. The molecule has 2 N–H and O–H groups in total. The molecule has 0 heterocycles. The van der Waals surface area contributed by atoms with E-state index in [-0.39, 0.29) is 6.04 Å². The molecule has 1 atom stereocenters. The van der Waals surface area contributed by atoms with Crippen LogP contribution in [0.4, 0.5) is 0 Å². The molecule has 0 aliphatic rings. The van der Waals surface area contributed by atoms with Crippen molar-refractivity contribution in [1.82, 2.24) is 0 Å². The predicted molar refractivity (Wildman–Crippen MR) is 72.2 cm³/mol. The second-order valence-corrected chi connectivity index (χ2v) is 4.10. The number of fused-ring (bicyclic) bond motifs is 1. The summed E-state index contributed by atoms with van der Waals surface area (Å²) in [5.74, 6) is 0.876. The molecule has 17 heavy (non-hydrogen) atoms. The molecule has 0 aliphatic carbocycles. The predicted octanol–water partition coefficient (Wildman–Crippen LogP) is 3.42. The molecule has 0 amide bonds.